The van der Waals surface area contributed by atoms with Gasteiger partial charge >= 0.3 is 6.03 Å². The summed E-state index contributed by atoms with van der Waals surface area (Å²) in [6.45, 7) is 0.0612. The molecule has 202 valence electrons. The number of anilines is 1. The topological polar surface area (TPSA) is 159 Å². The van der Waals surface area contributed by atoms with Crippen LogP contribution in [-0.2, 0) is 16.0 Å². The zero-order valence-corrected chi connectivity index (χ0v) is 22.1. The van der Waals surface area contributed by atoms with Crippen LogP contribution in [0.1, 0.15) is 22.5 Å². The van der Waals surface area contributed by atoms with Gasteiger partial charge in [0.1, 0.15) is 17.8 Å². The smallest absolute Gasteiger partial charge is 0.319 e. The lowest BCUT2D eigenvalue weighted by atomic mass is 10.0. The lowest BCUT2D eigenvalue weighted by molar-refractivity contribution is -0.129. The fourth-order valence-corrected chi connectivity index (χ4v) is 4.82. The van der Waals surface area contributed by atoms with Gasteiger partial charge in [0.15, 0.2) is 0 Å². The number of carbonyl (C=O) groups is 4. The molecule has 0 spiro atoms. The molecule has 5 N–H and O–H groups in total. The first kappa shape index (κ1) is 27.6. The molecule has 12 heteroatoms. The van der Waals surface area contributed by atoms with Crippen molar-refractivity contribution in [1.82, 2.24) is 25.5 Å². The summed E-state index contributed by atoms with van der Waals surface area (Å²) >= 11 is 1.55. The van der Waals surface area contributed by atoms with Gasteiger partial charge < -0.3 is 26.6 Å². The zero-order chi connectivity index (χ0) is 27.8. The first-order chi connectivity index (χ1) is 18.8. The van der Waals surface area contributed by atoms with Crippen molar-refractivity contribution < 1.29 is 19.2 Å². The molecule has 1 aliphatic heterocycles. The Kier molecular flexibility index (Phi) is 9.10. The number of rotatable bonds is 9. The quantitative estimate of drug-likeness (QED) is 0.297. The number of aromatic nitrogens is 2. The molecule has 1 fully saturated rings. The molecule has 1 saturated heterocycles. The monoisotopic (exact) mass is 547 g/mol. The summed E-state index contributed by atoms with van der Waals surface area (Å²) in [5.41, 5.74) is 7.08. The molecule has 3 atom stereocenters. The largest absolute Gasteiger partial charge is 0.368 e. The third-order valence-electron chi connectivity index (χ3n) is 6.25. The Morgan fingerprint density at radius 2 is 1.90 bits per heavy atom. The predicted octanol–water partition coefficient (Wildman–Crippen LogP) is 1.82. The van der Waals surface area contributed by atoms with Crippen molar-refractivity contribution >= 4 is 41.2 Å². The van der Waals surface area contributed by atoms with Crippen LogP contribution in [0, 0.1) is 0 Å². The first-order valence-corrected chi connectivity index (χ1v) is 13.5. The highest BCUT2D eigenvalue weighted by molar-refractivity contribution is 7.98. The molecule has 5 amide bonds. The van der Waals surface area contributed by atoms with Crippen LogP contribution in [-0.4, -0.2) is 69.5 Å². The molecule has 0 aliphatic carbocycles. The van der Waals surface area contributed by atoms with Gasteiger partial charge in [0.25, 0.3) is 5.91 Å². The number of benzene rings is 2. The maximum absolute atomic E-state index is 13.4. The van der Waals surface area contributed by atoms with Gasteiger partial charge in [-0.1, -0.05) is 36.4 Å². The molecular weight excluding hydrogens is 518 g/mol. The van der Waals surface area contributed by atoms with Crippen molar-refractivity contribution in [3.63, 3.8) is 0 Å². The van der Waals surface area contributed by atoms with E-state index in [4.69, 9.17) is 5.73 Å². The van der Waals surface area contributed by atoms with Crippen LogP contribution in [0.25, 0.3) is 0 Å². The van der Waals surface area contributed by atoms with E-state index in [1.165, 1.54) is 23.5 Å². The van der Waals surface area contributed by atoms with E-state index in [1.54, 1.807) is 17.8 Å². The Balaban J connectivity index is 1.49. The minimum Gasteiger partial charge on any atom is -0.368 e. The van der Waals surface area contributed by atoms with Gasteiger partial charge in [-0.25, -0.2) is 9.78 Å². The predicted molar refractivity (Wildman–Crippen MR) is 147 cm³/mol. The Bertz CT molecular complexity index is 1330. The number of primary amides is 1. The number of thioether (sulfide) groups is 1. The Hall–Kier alpha value is -4.45. The number of nitrogens with two attached hydrogens (primary N) is 1. The van der Waals surface area contributed by atoms with Crippen LogP contribution in [0.2, 0.25) is 0 Å². The standard InChI is InChI=1S/C27H29N7O4S/c1-39-20-9-5-8-18(13-20)31-27(38)32-19-14-23(34(16-19)26(37)22-15-29-10-11-30-22)25(36)33-21(24(28)35)12-17-6-3-2-4-7-17/h2-11,13,15,19,21,23H,12,14,16H2,1H3,(H2,28,35)(H,33,36)(H2,31,32,38)/t19-,21+,23-/m0/s1. The summed E-state index contributed by atoms with van der Waals surface area (Å²) in [6.07, 6.45) is 6.40. The maximum atomic E-state index is 13.4. The summed E-state index contributed by atoms with van der Waals surface area (Å²) in [5, 5.41) is 8.33. The number of hydrogen-bond acceptors (Lipinski definition) is 7. The van der Waals surface area contributed by atoms with Crippen molar-refractivity contribution in [3.8, 4) is 0 Å². The number of likely N-dealkylation sites (tertiary alicyclic amines) is 1. The van der Waals surface area contributed by atoms with Gasteiger partial charge in [-0.15, -0.1) is 11.8 Å². The molecule has 11 nitrogen and oxygen atoms in total. The highest BCUT2D eigenvalue weighted by Crippen LogP contribution is 2.22. The summed E-state index contributed by atoms with van der Waals surface area (Å²) < 4.78 is 0. The van der Waals surface area contributed by atoms with Gasteiger partial charge in [0.05, 0.1) is 12.2 Å². The maximum Gasteiger partial charge on any atom is 0.319 e. The van der Waals surface area contributed by atoms with E-state index < -0.39 is 41.9 Å². The van der Waals surface area contributed by atoms with Gasteiger partial charge in [0, 0.05) is 35.9 Å². The van der Waals surface area contributed by atoms with Crippen LogP contribution in [0.3, 0.4) is 0 Å². The number of amides is 5. The average molecular weight is 548 g/mol. The molecule has 1 aliphatic rings. The summed E-state index contributed by atoms with van der Waals surface area (Å²) in [6, 6.07) is 13.6. The third kappa shape index (κ3) is 7.32. The second kappa shape index (κ2) is 12.9. The van der Waals surface area contributed by atoms with Gasteiger partial charge in [-0.05, 0) is 36.4 Å². The van der Waals surface area contributed by atoms with Crippen LogP contribution in [0.4, 0.5) is 10.5 Å². The molecule has 0 unspecified atom stereocenters. The number of nitrogens with zero attached hydrogens (tertiary/aromatic N) is 3. The number of nitrogens with one attached hydrogen (secondary N) is 3. The van der Waals surface area contributed by atoms with E-state index >= 15 is 0 Å². The molecule has 0 bridgehead atoms. The van der Waals surface area contributed by atoms with Crippen molar-refractivity contribution in [2.75, 3.05) is 18.1 Å². The summed E-state index contributed by atoms with van der Waals surface area (Å²) in [5.74, 6) is -1.76. The average Bonchev–Trinajstić information content (AvgIpc) is 3.37. The highest BCUT2D eigenvalue weighted by Gasteiger charge is 2.41. The second-order valence-electron chi connectivity index (χ2n) is 8.98. The van der Waals surface area contributed by atoms with E-state index in [1.807, 2.05) is 54.8 Å². The lowest BCUT2D eigenvalue weighted by Gasteiger charge is -2.25. The molecular formula is C27H29N7O4S. The fourth-order valence-electron chi connectivity index (χ4n) is 4.36. The van der Waals surface area contributed by atoms with Crippen molar-refractivity contribution in [2.45, 2.75) is 35.9 Å². The molecule has 39 heavy (non-hydrogen) atoms. The van der Waals surface area contributed by atoms with Crippen molar-refractivity contribution in [2.24, 2.45) is 5.73 Å². The summed E-state index contributed by atoms with van der Waals surface area (Å²) in [7, 11) is 0. The minimum atomic E-state index is -0.979. The van der Waals surface area contributed by atoms with E-state index in [-0.39, 0.29) is 25.1 Å². The molecule has 2 heterocycles. The number of urea groups is 1. The SMILES string of the molecule is CSc1cccc(NC(=O)N[C@H]2C[C@@H](C(=O)N[C@H](Cc3ccccc3)C(N)=O)N(C(=O)c3cnccn3)C2)c1. The number of carbonyl (C=O) groups excluding carboxylic acids is 4. The van der Waals surface area contributed by atoms with Crippen molar-refractivity contribution in [1.29, 1.82) is 0 Å². The molecule has 3 aromatic rings. The summed E-state index contributed by atoms with van der Waals surface area (Å²) in [4.78, 5) is 61.9. The normalized spacial score (nSPS) is 17.2. The Morgan fingerprint density at radius 1 is 1.10 bits per heavy atom. The van der Waals surface area contributed by atoms with Crippen LogP contribution in [0.5, 0.6) is 0 Å². The molecule has 0 radical (unpaired) electrons. The van der Waals surface area contributed by atoms with Crippen LogP contribution < -0.4 is 21.7 Å². The van der Waals surface area contributed by atoms with E-state index in [2.05, 4.69) is 25.9 Å². The van der Waals surface area contributed by atoms with E-state index in [0.29, 0.717) is 5.69 Å². The lowest BCUT2D eigenvalue weighted by Crippen LogP contribution is -2.53. The minimum absolute atomic E-state index is 0.0602. The zero-order valence-electron chi connectivity index (χ0n) is 21.2. The molecule has 2 aromatic carbocycles. The highest BCUT2D eigenvalue weighted by atomic mass is 32.2. The second-order valence-corrected chi connectivity index (χ2v) is 9.86. The fraction of sp³-hybridized carbons (Fsp3) is 0.259. The van der Waals surface area contributed by atoms with Crippen LogP contribution in [0.15, 0.2) is 78.1 Å². The van der Waals surface area contributed by atoms with Gasteiger partial charge in [0.2, 0.25) is 11.8 Å². The van der Waals surface area contributed by atoms with Crippen LogP contribution >= 0.6 is 11.8 Å². The van der Waals surface area contributed by atoms with Gasteiger partial charge in [-0.2, -0.15) is 0 Å². The first-order valence-electron chi connectivity index (χ1n) is 12.3. The Labute approximate surface area is 230 Å². The third-order valence-corrected chi connectivity index (χ3v) is 6.98. The molecule has 0 saturated carbocycles. The Morgan fingerprint density at radius 3 is 2.59 bits per heavy atom. The van der Waals surface area contributed by atoms with Crippen molar-refractivity contribution in [3.05, 3.63) is 84.4 Å². The van der Waals surface area contributed by atoms with E-state index in [9.17, 15) is 19.2 Å². The van der Waals surface area contributed by atoms with E-state index in [0.717, 1.165) is 10.5 Å². The molecule has 1 aromatic heterocycles. The molecule has 4 rings (SSSR count). The number of hydrogen-bond donors (Lipinski definition) is 4. The van der Waals surface area contributed by atoms with Gasteiger partial charge in [-0.3, -0.25) is 19.4 Å².